The lowest BCUT2D eigenvalue weighted by molar-refractivity contribution is 0.211. The smallest absolute Gasteiger partial charge is 0.106 e. The number of hydrogen-bond donors (Lipinski definition) is 0. The molecule has 0 fully saturated rings. The fraction of sp³-hybridized carbons (Fsp3) is 0.750. The van der Waals surface area contributed by atoms with Crippen LogP contribution in [0.5, 0.6) is 0 Å². The van der Waals surface area contributed by atoms with Crippen molar-refractivity contribution in [2.45, 2.75) is 26.7 Å². The summed E-state index contributed by atoms with van der Waals surface area (Å²) < 4.78 is 7.13. The topological polar surface area (TPSA) is 43.2 Å². The maximum Gasteiger partial charge on any atom is 0.106 e. The molecule has 0 N–H and O–H groups in total. The van der Waals surface area contributed by atoms with Crippen molar-refractivity contribution in [1.82, 2.24) is 0 Å². The van der Waals surface area contributed by atoms with Gasteiger partial charge in [0, 0.05) is 1.37 Å². The summed E-state index contributed by atoms with van der Waals surface area (Å²) in [6.45, 7) is 2.03. The summed E-state index contributed by atoms with van der Waals surface area (Å²) in [6, 6.07) is 0. The number of nitrogens with zero attached hydrogens (tertiary/aromatic N) is 2. The summed E-state index contributed by atoms with van der Waals surface area (Å²) in [6.07, 6.45) is 1.44. The molecule has 0 spiro atoms. The maximum absolute atomic E-state index is 7.13. The quantitative estimate of drug-likeness (QED) is 0.470. The van der Waals surface area contributed by atoms with Gasteiger partial charge in [0.25, 0.3) is 0 Å². The Kier molecular flexibility index (Phi) is 5.00. The molecule has 0 aliphatic carbocycles. The Morgan fingerprint density at radius 3 is 2.17 bits per heavy atom. The van der Waals surface area contributed by atoms with Crippen molar-refractivity contribution in [1.29, 1.82) is 0 Å². The molecule has 70 valence electrons. The van der Waals surface area contributed by atoms with Gasteiger partial charge in [-0.05, 0) is 26.7 Å². The minimum absolute atomic E-state index is 0.161. The second-order valence-corrected chi connectivity index (χ2v) is 2.35. The molecule has 0 bridgehead atoms. The predicted octanol–water partition coefficient (Wildman–Crippen LogP) is 1.81. The average molecular weight is 173 g/mol. The highest BCUT2D eigenvalue weighted by Crippen LogP contribution is 1.96. The van der Waals surface area contributed by atoms with E-state index in [2.05, 4.69) is 20.0 Å². The zero-order valence-electron chi connectivity index (χ0n) is 8.83. The van der Waals surface area contributed by atoms with Gasteiger partial charge in [-0.25, -0.2) is 0 Å². The van der Waals surface area contributed by atoms with E-state index in [0.717, 1.165) is 12.1 Å². The molecular weight excluding hydrogens is 156 g/mol. The minimum atomic E-state index is 0.161. The lowest BCUT2D eigenvalue weighted by Crippen LogP contribution is -1.98. The van der Waals surface area contributed by atoms with Gasteiger partial charge in [-0.2, -0.15) is 0 Å². The van der Waals surface area contributed by atoms with E-state index in [1.807, 2.05) is 6.92 Å². The highest BCUT2D eigenvalue weighted by Gasteiger charge is 1.95. The van der Waals surface area contributed by atoms with Crippen molar-refractivity contribution >= 4 is 11.4 Å². The fourth-order valence-corrected chi connectivity index (χ4v) is 0.701. The zero-order chi connectivity index (χ0) is 10.1. The van der Waals surface area contributed by atoms with Gasteiger partial charge >= 0.3 is 0 Å². The van der Waals surface area contributed by atoms with Gasteiger partial charge in [-0.3, -0.25) is 0 Å². The summed E-state index contributed by atoms with van der Waals surface area (Å²) in [5.41, 5.74) is 1.60. The molecule has 4 heteroatoms. The second kappa shape index (κ2) is 6.64. The highest BCUT2D eigenvalue weighted by molar-refractivity contribution is 5.88. The van der Waals surface area contributed by atoms with Crippen LogP contribution >= 0.6 is 0 Å². The van der Waals surface area contributed by atoms with Crippen molar-refractivity contribution in [2.24, 2.45) is 10.3 Å². The van der Waals surface area contributed by atoms with E-state index in [1.165, 1.54) is 14.2 Å². The van der Waals surface area contributed by atoms with Gasteiger partial charge in [0.05, 0.1) is 11.4 Å². The van der Waals surface area contributed by atoms with Gasteiger partial charge in [0.1, 0.15) is 14.2 Å². The van der Waals surface area contributed by atoms with Gasteiger partial charge < -0.3 is 9.68 Å². The van der Waals surface area contributed by atoms with Gasteiger partial charge in [0.15, 0.2) is 0 Å². The molecule has 0 saturated carbocycles. The summed E-state index contributed by atoms with van der Waals surface area (Å²) in [5.74, 6) is 0. The van der Waals surface area contributed by atoms with Crippen LogP contribution in [-0.4, -0.2) is 25.6 Å². The Balaban J connectivity index is 3.85. The van der Waals surface area contributed by atoms with Crippen LogP contribution in [0.25, 0.3) is 0 Å². The molecule has 12 heavy (non-hydrogen) atoms. The van der Waals surface area contributed by atoms with Crippen LogP contribution in [0.15, 0.2) is 10.3 Å². The molecule has 0 aromatic heterocycles. The van der Waals surface area contributed by atoms with E-state index in [0.29, 0.717) is 12.1 Å². The molecule has 0 radical (unpaired) electrons. The van der Waals surface area contributed by atoms with Crippen LogP contribution in [-0.2, 0) is 9.68 Å². The summed E-state index contributed by atoms with van der Waals surface area (Å²) in [5, 5.41) is 7.46. The molecular formula is C8H16N2O2. The van der Waals surface area contributed by atoms with E-state index < -0.39 is 0 Å². The molecule has 0 aromatic carbocycles. The first-order valence-electron chi connectivity index (χ1n) is 4.40. The number of rotatable bonds is 5. The Labute approximate surface area is 74.6 Å². The van der Waals surface area contributed by atoms with Crippen molar-refractivity contribution in [2.75, 3.05) is 14.2 Å². The third-order valence-corrected chi connectivity index (χ3v) is 1.24. The molecule has 0 aliphatic rings. The molecule has 0 heterocycles. The zero-order valence-corrected chi connectivity index (χ0v) is 7.83. The third-order valence-electron chi connectivity index (χ3n) is 1.24. The molecule has 0 atom stereocenters. The Hall–Kier alpha value is -1.06. The Morgan fingerprint density at radius 1 is 1.17 bits per heavy atom. The van der Waals surface area contributed by atoms with E-state index in [9.17, 15) is 0 Å². The Morgan fingerprint density at radius 2 is 1.67 bits per heavy atom. The van der Waals surface area contributed by atoms with Crippen LogP contribution < -0.4 is 0 Å². The van der Waals surface area contributed by atoms with Crippen LogP contribution in [0.3, 0.4) is 0 Å². The highest BCUT2D eigenvalue weighted by atomic mass is 16.6. The summed E-state index contributed by atoms with van der Waals surface area (Å²) in [4.78, 5) is 9.18. The molecule has 4 nitrogen and oxygen atoms in total. The minimum Gasteiger partial charge on any atom is -0.399 e. The van der Waals surface area contributed by atoms with E-state index in [-0.39, 0.29) is 6.90 Å². The fourth-order valence-electron chi connectivity index (χ4n) is 0.701. The number of oxime groups is 2. The van der Waals surface area contributed by atoms with Gasteiger partial charge in [-0.1, -0.05) is 10.3 Å². The molecule has 0 amide bonds. The average Bonchev–Trinajstić information content (AvgIpc) is 2.12. The van der Waals surface area contributed by atoms with Crippen LogP contribution in [0.1, 0.15) is 28.0 Å². The monoisotopic (exact) mass is 173 g/mol. The SMILES string of the molecule is [2H]C/C(CC/C(C)=N/OC)=N\OC. The van der Waals surface area contributed by atoms with Crippen molar-refractivity contribution in [3.05, 3.63) is 0 Å². The largest absolute Gasteiger partial charge is 0.399 e. The molecule has 0 rings (SSSR count). The van der Waals surface area contributed by atoms with Crippen molar-refractivity contribution in [3.63, 3.8) is 0 Å². The normalized spacial score (nSPS) is 14.1. The van der Waals surface area contributed by atoms with Crippen molar-refractivity contribution < 1.29 is 11.0 Å². The number of hydrogen-bond acceptors (Lipinski definition) is 4. The molecule has 0 saturated heterocycles. The lowest BCUT2D eigenvalue weighted by atomic mass is 10.2. The van der Waals surface area contributed by atoms with E-state index in [4.69, 9.17) is 1.37 Å². The molecule has 0 aliphatic heterocycles. The Bertz CT molecular complexity index is 193. The van der Waals surface area contributed by atoms with Gasteiger partial charge in [-0.15, -0.1) is 0 Å². The molecule has 0 unspecified atom stereocenters. The summed E-state index contributed by atoms with van der Waals surface area (Å²) in [7, 11) is 2.99. The second-order valence-electron chi connectivity index (χ2n) is 2.35. The van der Waals surface area contributed by atoms with Crippen molar-refractivity contribution in [3.8, 4) is 0 Å². The van der Waals surface area contributed by atoms with E-state index in [1.54, 1.807) is 0 Å². The van der Waals surface area contributed by atoms with Gasteiger partial charge in [0.2, 0.25) is 0 Å². The van der Waals surface area contributed by atoms with Crippen LogP contribution in [0, 0.1) is 0 Å². The van der Waals surface area contributed by atoms with Crippen LogP contribution in [0.4, 0.5) is 0 Å². The first kappa shape index (κ1) is 9.03. The van der Waals surface area contributed by atoms with E-state index >= 15 is 0 Å². The predicted molar refractivity (Wildman–Crippen MR) is 49.5 cm³/mol. The third kappa shape index (κ3) is 5.70. The first-order valence-corrected chi connectivity index (χ1v) is 3.69. The first-order chi connectivity index (χ1) is 6.24. The standard InChI is InChI=1S/C8H16N2O2/c1-7(9-11-3)5-6-8(2)10-12-4/h5-6H2,1-4H3/b9-7+,10-8+/i1D. The maximum atomic E-state index is 7.13. The molecule has 0 aromatic rings. The summed E-state index contributed by atoms with van der Waals surface area (Å²) >= 11 is 0. The lowest BCUT2D eigenvalue weighted by Gasteiger charge is -1.98. The van der Waals surface area contributed by atoms with Crippen LogP contribution in [0.2, 0.25) is 0 Å².